The van der Waals surface area contributed by atoms with Crippen molar-refractivity contribution in [1.29, 1.82) is 0 Å². The average molecular weight is 501 g/mol. The number of esters is 1. The van der Waals surface area contributed by atoms with Crippen LogP contribution in [0, 0.1) is 12.8 Å². The van der Waals surface area contributed by atoms with E-state index in [0.29, 0.717) is 12.2 Å². The molecule has 0 spiro atoms. The number of amides is 3. The Morgan fingerprint density at radius 1 is 1.03 bits per heavy atom. The highest BCUT2D eigenvalue weighted by Crippen LogP contribution is 2.35. The van der Waals surface area contributed by atoms with Gasteiger partial charge in [0, 0.05) is 6.61 Å². The molecule has 35 heavy (non-hydrogen) atoms. The Balaban J connectivity index is 1.97. The SMILES string of the molecule is CCOCC(=O)c1sc(NC(=O)C(C(C)C)N2C(=O)c3ccccc3C2=O)c(C(=O)OCC)c1C. The summed E-state index contributed by atoms with van der Waals surface area (Å²) in [4.78, 5) is 66.1. The third-order valence-corrected chi connectivity index (χ3v) is 6.81. The molecule has 9 nitrogen and oxygen atoms in total. The van der Waals surface area contributed by atoms with Crippen molar-refractivity contribution in [2.45, 2.75) is 40.7 Å². The zero-order valence-corrected chi connectivity index (χ0v) is 21.1. The molecule has 0 radical (unpaired) electrons. The first-order valence-electron chi connectivity index (χ1n) is 11.3. The van der Waals surface area contributed by atoms with Gasteiger partial charge >= 0.3 is 5.97 Å². The standard InChI is InChI=1S/C25H28N2O7S/c1-6-33-12-17(28)20-14(5)18(25(32)34-7-2)22(35-20)26-21(29)19(13(3)4)27-23(30)15-10-8-9-11-16(15)24(27)31/h8-11,13,19H,6-7,12H2,1-5H3,(H,26,29). The van der Waals surface area contributed by atoms with Crippen LogP contribution in [0.5, 0.6) is 0 Å². The molecular formula is C25H28N2O7S. The number of hydrogen-bond acceptors (Lipinski definition) is 8. The molecule has 3 rings (SSSR count). The van der Waals surface area contributed by atoms with Gasteiger partial charge in [-0.15, -0.1) is 11.3 Å². The van der Waals surface area contributed by atoms with Crippen LogP contribution in [0.4, 0.5) is 5.00 Å². The summed E-state index contributed by atoms with van der Waals surface area (Å²) in [5.41, 5.74) is 0.906. The van der Waals surface area contributed by atoms with E-state index in [1.807, 2.05) is 0 Å². The number of Topliss-reactive ketones (excluding diaryl/α,β-unsaturated/α-hetero) is 1. The molecule has 2 aromatic rings. The Morgan fingerprint density at radius 3 is 2.14 bits per heavy atom. The van der Waals surface area contributed by atoms with E-state index in [0.717, 1.165) is 16.2 Å². The van der Waals surface area contributed by atoms with E-state index in [4.69, 9.17) is 9.47 Å². The highest BCUT2D eigenvalue weighted by atomic mass is 32.1. The topological polar surface area (TPSA) is 119 Å². The Kier molecular flexibility index (Phi) is 8.18. The first-order valence-corrected chi connectivity index (χ1v) is 12.1. The number of nitrogens with one attached hydrogen (secondary N) is 1. The van der Waals surface area contributed by atoms with E-state index in [1.54, 1.807) is 58.9 Å². The van der Waals surface area contributed by atoms with Crippen LogP contribution in [0.15, 0.2) is 24.3 Å². The summed E-state index contributed by atoms with van der Waals surface area (Å²) in [6.45, 7) is 8.73. The van der Waals surface area contributed by atoms with E-state index in [1.165, 1.54) is 0 Å². The molecule has 1 N–H and O–H groups in total. The molecule has 1 atom stereocenters. The van der Waals surface area contributed by atoms with Crippen LogP contribution in [0.2, 0.25) is 0 Å². The van der Waals surface area contributed by atoms with E-state index in [2.05, 4.69) is 5.32 Å². The maximum absolute atomic E-state index is 13.5. The molecule has 0 saturated carbocycles. The van der Waals surface area contributed by atoms with Gasteiger partial charge in [-0.05, 0) is 44.4 Å². The lowest BCUT2D eigenvalue weighted by Gasteiger charge is -2.28. The van der Waals surface area contributed by atoms with Gasteiger partial charge in [-0.2, -0.15) is 0 Å². The molecule has 1 aromatic heterocycles. The van der Waals surface area contributed by atoms with Gasteiger partial charge in [0.25, 0.3) is 11.8 Å². The number of carbonyl (C=O) groups is 5. The van der Waals surface area contributed by atoms with E-state index in [-0.39, 0.29) is 45.6 Å². The Hall–Kier alpha value is -3.37. The maximum atomic E-state index is 13.5. The molecule has 0 fully saturated rings. The number of anilines is 1. The number of carbonyl (C=O) groups excluding carboxylic acids is 5. The number of fused-ring (bicyclic) bond motifs is 1. The monoisotopic (exact) mass is 500 g/mol. The highest BCUT2D eigenvalue weighted by molar-refractivity contribution is 7.18. The second-order valence-electron chi connectivity index (χ2n) is 8.25. The largest absolute Gasteiger partial charge is 0.462 e. The van der Waals surface area contributed by atoms with Gasteiger partial charge < -0.3 is 14.8 Å². The number of rotatable bonds is 10. The lowest BCUT2D eigenvalue weighted by atomic mass is 10.0. The quantitative estimate of drug-likeness (QED) is 0.300. The van der Waals surface area contributed by atoms with Crippen molar-refractivity contribution in [3.63, 3.8) is 0 Å². The summed E-state index contributed by atoms with van der Waals surface area (Å²) in [6, 6.07) is 5.26. The van der Waals surface area contributed by atoms with Crippen LogP contribution in [-0.4, -0.2) is 60.2 Å². The predicted molar refractivity (Wildman–Crippen MR) is 130 cm³/mol. The summed E-state index contributed by atoms with van der Waals surface area (Å²) >= 11 is 0.937. The first-order chi connectivity index (χ1) is 16.6. The van der Waals surface area contributed by atoms with E-state index in [9.17, 15) is 24.0 Å². The third kappa shape index (κ3) is 5.03. The fourth-order valence-electron chi connectivity index (χ4n) is 3.94. The van der Waals surface area contributed by atoms with Crippen molar-refractivity contribution in [2.75, 3.05) is 25.1 Å². The normalized spacial score (nSPS) is 13.7. The molecule has 0 saturated heterocycles. The van der Waals surface area contributed by atoms with Crippen molar-refractivity contribution in [1.82, 2.24) is 4.90 Å². The summed E-state index contributed by atoms with van der Waals surface area (Å²) in [5.74, 6) is -3.21. The van der Waals surface area contributed by atoms with E-state index < -0.39 is 35.7 Å². The van der Waals surface area contributed by atoms with Gasteiger partial charge in [0.15, 0.2) is 5.78 Å². The number of ether oxygens (including phenoxy) is 2. The zero-order valence-electron chi connectivity index (χ0n) is 20.3. The Labute approximate surface area is 207 Å². The first kappa shape index (κ1) is 26.2. The van der Waals surface area contributed by atoms with Crippen LogP contribution in [0.1, 0.15) is 74.0 Å². The fourth-order valence-corrected chi connectivity index (χ4v) is 5.06. The maximum Gasteiger partial charge on any atom is 0.341 e. The summed E-state index contributed by atoms with van der Waals surface area (Å²) in [6.07, 6.45) is 0. The van der Waals surface area contributed by atoms with Crippen molar-refractivity contribution < 1.29 is 33.4 Å². The third-order valence-electron chi connectivity index (χ3n) is 5.56. The highest BCUT2D eigenvalue weighted by Gasteiger charge is 2.44. The van der Waals surface area contributed by atoms with Crippen LogP contribution < -0.4 is 5.32 Å². The van der Waals surface area contributed by atoms with Crippen molar-refractivity contribution in [3.05, 3.63) is 51.4 Å². The van der Waals surface area contributed by atoms with Crippen LogP contribution >= 0.6 is 11.3 Å². The molecule has 1 aromatic carbocycles. The zero-order chi connectivity index (χ0) is 25.9. The molecule has 3 amide bonds. The Bertz CT molecular complexity index is 1150. The number of hydrogen-bond donors (Lipinski definition) is 1. The molecule has 1 aliphatic rings. The molecule has 1 aliphatic heterocycles. The minimum atomic E-state index is -1.14. The van der Waals surface area contributed by atoms with Gasteiger partial charge in [0.05, 0.1) is 28.2 Å². The van der Waals surface area contributed by atoms with Crippen molar-refractivity contribution in [2.24, 2.45) is 5.92 Å². The van der Waals surface area contributed by atoms with Crippen LogP contribution in [0.3, 0.4) is 0 Å². The smallest absolute Gasteiger partial charge is 0.341 e. The molecule has 0 bridgehead atoms. The minimum Gasteiger partial charge on any atom is -0.462 e. The van der Waals surface area contributed by atoms with Gasteiger partial charge in [-0.3, -0.25) is 24.1 Å². The Morgan fingerprint density at radius 2 is 1.63 bits per heavy atom. The fraction of sp³-hybridized carbons (Fsp3) is 0.400. The second kappa shape index (κ2) is 10.9. The van der Waals surface area contributed by atoms with Crippen LogP contribution in [0.25, 0.3) is 0 Å². The molecule has 1 unspecified atom stereocenters. The van der Waals surface area contributed by atoms with Crippen molar-refractivity contribution in [3.8, 4) is 0 Å². The summed E-state index contributed by atoms with van der Waals surface area (Å²) < 4.78 is 10.4. The van der Waals surface area contributed by atoms with Crippen molar-refractivity contribution >= 4 is 45.8 Å². The number of benzene rings is 1. The number of imide groups is 1. The minimum absolute atomic E-state index is 0.0647. The van der Waals surface area contributed by atoms with E-state index >= 15 is 0 Å². The van der Waals surface area contributed by atoms with Gasteiger partial charge in [-0.1, -0.05) is 26.0 Å². The molecule has 0 aliphatic carbocycles. The number of ketones is 1. The average Bonchev–Trinajstić information content (AvgIpc) is 3.27. The van der Waals surface area contributed by atoms with Gasteiger partial charge in [0.1, 0.15) is 17.6 Å². The summed E-state index contributed by atoms with van der Waals surface area (Å²) in [7, 11) is 0. The number of nitrogens with zero attached hydrogens (tertiary/aromatic N) is 1. The molecule has 10 heteroatoms. The van der Waals surface area contributed by atoms with Crippen LogP contribution in [-0.2, 0) is 14.3 Å². The van der Waals surface area contributed by atoms with Gasteiger partial charge in [0.2, 0.25) is 5.91 Å². The molecule has 2 heterocycles. The number of thiophene rings is 1. The molecular weight excluding hydrogens is 472 g/mol. The predicted octanol–water partition coefficient (Wildman–Crippen LogP) is 3.71. The second-order valence-corrected chi connectivity index (χ2v) is 9.27. The lowest BCUT2D eigenvalue weighted by Crippen LogP contribution is -2.50. The lowest BCUT2D eigenvalue weighted by molar-refractivity contribution is -0.121. The van der Waals surface area contributed by atoms with Gasteiger partial charge in [-0.25, -0.2) is 4.79 Å². The summed E-state index contributed by atoms with van der Waals surface area (Å²) in [5, 5.41) is 2.81. The molecule has 186 valence electrons.